The molecule has 1 aromatic heterocycles. The highest BCUT2D eigenvalue weighted by molar-refractivity contribution is 7.15. The molecule has 2 amide bonds. The lowest BCUT2D eigenvalue weighted by molar-refractivity contribution is -0.117. The molecule has 0 saturated carbocycles. The number of benzene rings is 2. The Morgan fingerprint density at radius 2 is 1.83 bits per heavy atom. The normalized spacial score (nSPS) is 16.3. The number of hydrogen-bond acceptors (Lipinski definition) is 5. The first-order valence-electron chi connectivity index (χ1n) is 8.57. The molecule has 29 heavy (non-hydrogen) atoms. The van der Waals surface area contributed by atoms with Crippen molar-refractivity contribution in [1.82, 2.24) is 10.2 Å². The van der Waals surface area contributed by atoms with Crippen LogP contribution in [0, 0.1) is 5.82 Å². The molecule has 1 fully saturated rings. The summed E-state index contributed by atoms with van der Waals surface area (Å²) < 4.78 is 13.1. The monoisotopic (exact) mass is 450 g/mol. The molecule has 1 atom stereocenters. The fourth-order valence-corrected chi connectivity index (χ4v) is 4.47. The van der Waals surface area contributed by atoms with Crippen LogP contribution in [0.15, 0.2) is 42.5 Å². The van der Waals surface area contributed by atoms with E-state index in [1.807, 2.05) is 0 Å². The van der Waals surface area contributed by atoms with E-state index in [-0.39, 0.29) is 44.8 Å². The van der Waals surface area contributed by atoms with Gasteiger partial charge in [0, 0.05) is 24.6 Å². The summed E-state index contributed by atoms with van der Waals surface area (Å²) >= 11 is 13.3. The second-order valence-electron chi connectivity index (χ2n) is 6.38. The van der Waals surface area contributed by atoms with Crippen LogP contribution >= 0.6 is 34.5 Å². The molecule has 4 rings (SSSR count). The predicted molar refractivity (Wildman–Crippen MR) is 110 cm³/mol. The molecule has 2 heterocycles. The third-order valence-corrected chi connectivity index (χ3v) is 6.09. The first-order valence-corrected chi connectivity index (χ1v) is 10.1. The number of rotatable bonds is 4. The zero-order valence-corrected chi connectivity index (χ0v) is 17.1. The number of aromatic nitrogens is 2. The van der Waals surface area contributed by atoms with Gasteiger partial charge in [0.15, 0.2) is 0 Å². The van der Waals surface area contributed by atoms with E-state index >= 15 is 0 Å². The van der Waals surface area contributed by atoms with Crippen molar-refractivity contribution >= 4 is 57.2 Å². The molecular formula is C19H13Cl2FN4O2S. The highest BCUT2D eigenvalue weighted by atomic mass is 35.5. The minimum atomic E-state index is -0.487. The minimum Gasteiger partial charge on any atom is -0.312 e. The summed E-state index contributed by atoms with van der Waals surface area (Å²) in [5, 5.41) is 12.1. The molecule has 3 aromatic rings. The van der Waals surface area contributed by atoms with Crippen molar-refractivity contribution in [3.63, 3.8) is 0 Å². The Balaban J connectivity index is 1.47. The van der Waals surface area contributed by atoms with Crippen LogP contribution in [-0.2, 0) is 4.79 Å². The summed E-state index contributed by atoms with van der Waals surface area (Å²) in [5.41, 5.74) is 0.788. The van der Waals surface area contributed by atoms with Crippen LogP contribution in [0.25, 0.3) is 0 Å². The Bertz CT molecular complexity index is 1070. The van der Waals surface area contributed by atoms with E-state index in [1.165, 1.54) is 23.5 Å². The van der Waals surface area contributed by atoms with Gasteiger partial charge in [-0.2, -0.15) is 0 Å². The van der Waals surface area contributed by atoms with Crippen LogP contribution in [0.4, 0.5) is 15.2 Å². The van der Waals surface area contributed by atoms with Gasteiger partial charge in [0.1, 0.15) is 10.8 Å². The summed E-state index contributed by atoms with van der Waals surface area (Å²) in [6.45, 7) is 0.406. The molecule has 0 aliphatic carbocycles. The highest BCUT2D eigenvalue weighted by Gasteiger charge is 2.34. The Morgan fingerprint density at radius 1 is 1.14 bits per heavy atom. The number of carbonyl (C=O) groups excluding carboxylic acids is 2. The van der Waals surface area contributed by atoms with E-state index in [1.54, 1.807) is 35.2 Å². The predicted octanol–water partition coefficient (Wildman–Crippen LogP) is 4.76. The summed E-state index contributed by atoms with van der Waals surface area (Å²) in [6, 6.07) is 10.5. The summed E-state index contributed by atoms with van der Waals surface area (Å²) in [6.07, 6.45) is 0.260. The maximum atomic E-state index is 13.1. The fraction of sp³-hybridized carbons (Fsp3) is 0.158. The van der Waals surface area contributed by atoms with Crippen LogP contribution in [0.2, 0.25) is 10.0 Å². The van der Waals surface area contributed by atoms with Crippen molar-refractivity contribution in [2.45, 2.75) is 12.3 Å². The Labute approximate surface area is 179 Å². The van der Waals surface area contributed by atoms with Gasteiger partial charge < -0.3 is 4.90 Å². The largest absolute Gasteiger partial charge is 0.312 e. The van der Waals surface area contributed by atoms with Crippen LogP contribution < -0.4 is 10.2 Å². The summed E-state index contributed by atoms with van der Waals surface area (Å²) in [5.74, 6) is -1.09. The second-order valence-corrected chi connectivity index (χ2v) is 8.20. The molecule has 1 N–H and O–H groups in total. The zero-order valence-electron chi connectivity index (χ0n) is 14.7. The average Bonchev–Trinajstić information content (AvgIpc) is 3.29. The molecule has 10 heteroatoms. The van der Waals surface area contributed by atoms with Crippen molar-refractivity contribution < 1.29 is 14.0 Å². The van der Waals surface area contributed by atoms with E-state index in [4.69, 9.17) is 23.2 Å². The van der Waals surface area contributed by atoms with E-state index in [9.17, 15) is 14.0 Å². The quantitative estimate of drug-likeness (QED) is 0.621. The third-order valence-electron chi connectivity index (χ3n) is 4.46. The molecule has 1 unspecified atom stereocenters. The van der Waals surface area contributed by atoms with Gasteiger partial charge in [0.05, 0.1) is 15.6 Å². The standard InChI is InChI=1S/C19H13Cl2FN4O2S/c20-13-2-1-3-14(21)16(13)17(28)23-19-25-24-18(29-19)10-8-15(27)26(9-10)12-6-4-11(22)5-7-12/h1-7,10H,8-9H2,(H,23,25,28). The molecule has 2 aromatic carbocycles. The lowest BCUT2D eigenvalue weighted by atomic mass is 10.1. The van der Waals surface area contributed by atoms with E-state index in [0.717, 1.165) is 0 Å². The molecule has 0 spiro atoms. The molecule has 1 aliphatic rings. The molecular weight excluding hydrogens is 438 g/mol. The first-order chi connectivity index (χ1) is 13.9. The fourth-order valence-electron chi connectivity index (χ4n) is 3.07. The first kappa shape index (κ1) is 19.8. The lowest BCUT2D eigenvalue weighted by Crippen LogP contribution is -2.24. The van der Waals surface area contributed by atoms with Crippen molar-refractivity contribution in [3.05, 3.63) is 68.9 Å². The van der Waals surface area contributed by atoms with Gasteiger partial charge in [-0.05, 0) is 36.4 Å². The van der Waals surface area contributed by atoms with Crippen molar-refractivity contribution in [3.8, 4) is 0 Å². The lowest BCUT2D eigenvalue weighted by Gasteiger charge is -2.16. The number of nitrogens with zero attached hydrogens (tertiary/aromatic N) is 3. The van der Waals surface area contributed by atoms with Gasteiger partial charge in [-0.1, -0.05) is 40.6 Å². The van der Waals surface area contributed by atoms with Gasteiger partial charge >= 0.3 is 0 Å². The van der Waals surface area contributed by atoms with Gasteiger partial charge in [-0.15, -0.1) is 10.2 Å². The highest BCUT2D eigenvalue weighted by Crippen LogP contribution is 2.34. The van der Waals surface area contributed by atoms with Gasteiger partial charge in [0.2, 0.25) is 11.0 Å². The van der Waals surface area contributed by atoms with Gasteiger partial charge in [-0.3, -0.25) is 14.9 Å². The maximum Gasteiger partial charge on any atom is 0.260 e. The van der Waals surface area contributed by atoms with Gasteiger partial charge in [0.25, 0.3) is 5.91 Å². The molecule has 0 bridgehead atoms. The SMILES string of the molecule is O=C(Nc1nnc(C2CC(=O)N(c3ccc(F)cc3)C2)s1)c1c(Cl)cccc1Cl. The minimum absolute atomic E-state index is 0.0785. The topological polar surface area (TPSA) is 75.2 Å². The summed E-state index contributed by atoms with van der Waals surface area (Å²) in [4.78, 5) is 26.4. The van der Waals surface area contributed by atoms with Crippen molar-refractivity contribution in [2.75, 3.05) is 16.8 Å². The van der Waals surface area contributed by atoms with Crippen LogP contribution in [0.3, 0.4) is 0 Å². The number of nitrogens with one attached hydrogen (secondary N) is 1. The Hall–Kier alpha value is -2.55. The van der Waals surface area contributed by atoms with Gasteiger partial charge in [-0.25, -0.2) is 4.39 Å². The molecule has 1 saturated heterocycles. The number of hydrogen-bond donors (Lipinski definition) is 1. The number of anilines is 2. The van der Waals surface area contributed by atoms with Crippen LogP contribution in [0.1, 0.15) is 27.7 Å². The smallest absolute Gasteiger partial charge is 0.260 e. The number of halogens is 3. The summed E-state index contributed by atoms with van der Waals surface area (Å²) in [7, 11) is 0. The maximum absolute atomic E-state index is 13.1. The zero-order chi connectivity index (χ0) is 20.5. The number of amides is 2. The van der Waals surface area contributed by atoms with Crippen LogP contribution in [-0.4, -0.2) is 28.6 Å². The van der Waals surface area contributed by atoms with Crippen LogP contribution in [0.5, 0.6) is 0 Å². The molecule has 0 radical (unpaired) electrons. The average molecular weight is 451 g/mol. The van der Waals surface area contributed by atoms with E-state index in [2.05, 4.69) is 15.5 Å². The molecule has 1 aliphatic heterocycles. The molecule has 148 valence electrons. The van der Waals surface area contributed by atoms with E-state index < -0.39 is 5.91 Å². The third kappa shape index (κ3) is 4.10. The number of carbonyl (C=O) groups is 2. The van der Waals surface area contributed by atoms with E-state index in [0.29, 0.717) is 17.2 Å². The second kappa shape index (κ2) is 8.06. The molecule has 6 nitrogen and oxygen atoms in total. The van der Waals surface area contributed by atoms with Crippen molar-refractivity contribution in [1.29, 1.82) is 0 Å². The van der Waals surface area contributed by atoms with Crippen molar-refractivity contribution in [2.24, 2.45) is 0 Å². The Kier molecular flexibility index (Phi) is 5.49. The Morgan fingerprint density at radius 3 is 2.52 bits per heavy atom.